The number of carbonyl (C=O) groups excluding carboxylic acids is 2. The van der Waals surface area contributed by atoms with E-state index in [1.165, 1.54) is 19.1 Å². The molecule has 0 aliphatic carbocycles. The van der Waals surface area contributed by atoms with Crippen LogP contribution in [-0.2, 0) is 22.2 Å². The monoisotopic (exact) mass is 389 g/mol. The lowest BCUT2D eigenvalue weighted by atomic mass is 10.1. The van der Waals surface area contributed by atoms with Gasteiger partial charge in [0, 0.05) is 17.6 Å². The molecule has 1 heterocycles. The number of rotatable bonds is 5. The fraction of sp³-hybridized carbons (Fsp3) is 0.200. The quantitative estimate of drug-likeness (QED) is 0.785. The van der Waals surface area contributed by atoms with Crippen molar-refractivity contribution in [3.8, 4) is 0 Å². The van der Waals surface area contributed by atoms with Crippen LogP contribution in [0.4, 0.5) is 18.3 Å². The highest BCUT2D eigenvalue weighted by Crippen LogP contribution is 2.35. The third kappa shape index (κ3) is 5.64. The summed E-state index contributed by atoms with van der Waals surface area (Å²) in [6.45, 7) is 1.39. The molecule has 132 valence electrons. The molecule has 0 saturated heterocycles. The van der Waals surface area contributed by atoms with Gasteiger partial charge in [-0.2, -0.15) is 17.5 Å². The predicted molar refractivity (Wildman–Crippen MR) is 88.4 cm³/mol. The first-order valence-electron chi connectivity index (χ1n) is 6.83. The number of anilines is 1. The Morgan fingerprint density at radius 2 is 2.08 bits per heavy atom. The third-order valence-electron chi connectivity index (χ3n) is 2.83. The number of benzene rings is 1. The van der Waals surface area contributed by atoms with Crippen LogP contribution in [0.15, 0.2) is 24.3 Å². The number of carbonyl (C=O) groups is 2. The van der Waals surface area contributed by atoms with E-state index >= 15 is 0 Å². The number of halogens is 4. The lowest BCUT2D eigenvalue weighted by Crippen LogP contribution is -2.08. The van der Waals surface area contributed by atoms with Crippen molar-refractivity contribution >= 4 is 46.0 Å². The molecule has 5 nitrogen and oxygen atoms in total. The van der Waals surface area contributed by atoms with E-state index in [9.17, 15) is 22.8 Å². The fourth-order valence-electron chi connectivity index (χ4n) is 1.78. The highest BCUT2D eigenvalue weighted by molar-refractivity contribution is 7.09. The van der Waals surface area contributed by atoms with Crippen molar-refractivity contribution in [1.82, 2.24) is 9.36 Å². The first-order chi connectivity index (χ1) is 11.6. The van der Waals surface area contributed by atoms with E-state index in [1.807, 2.05) is 0 Å². The normalized spacial score (nSPS) is 11.7. The zero-order valence-electron chi connectivity index (χ0n) is 12.7. The number of aromatic nitrogens is 2. The minimum Gasteiger partial charge on any atom is -0.300 e. The van der Waals surface area contributed by atoms with Gasteiger partial charge >= 0.3 is 6.18 Å². The summed E-state index contributed by atoms with van der Waals surface area (Å²) in [5.74, 6) is -0.405. The van der Waals surface area contributed by atoms with Crippen LogP contribution >= 0.6 is 23.1 Å². The van der Waals surface area contributed by atoms with Gasteiger partial charge in [-0.3, -0.25) is 14.9 Å². The average Bonchev–Trinajstić information content (AvgIpc) is 2.91. The molecule has 1 aromatic heterocycles. The second-order valence-electron chi connectivity index (χ2n) is 4.95. The van der Waals surface area contributed by atoms with Crippen LogP contribution < -0.4 is 5.32 Å². The summed E-state index contributed by atoms with van der Waals surface area (Å²) in [4.78, 5) is 26.7. The Bertz CT molecular complexity index is 834. The Labute approximate surface area is 149 Å². The first-order valence-corrected chi connectivity index (χ1v) is 7.98. The lowest BCUT2D eigenvalue weighted by Gasteiger charge is -2.09. The number of nitrogens with one attached hydrogen (secondary N) is 1. The van der Waals surface area contributed by atoms with E-state index < -0.39 is 22.7 Å². The molecular weight excluding hydrogens is 379 g/mol. The number of hydrogen-bond donors (Lipinski definition) is 1. The topological polar surface area (TPSA) is 72.0 Å². The molecule has 1 N–H and O–H groups in total. The molecule has 0 unspecified atom stereocenters. The van der Waals surface area contributed by atoms with Crippen molar-refractivity contribution in [3.05, 3.63) is 46.2 Å². The van der Waals surface area contributed by atoms with Crippen LogP contribution in [0.3, 0.4) is 0 Å². The number of amides is 1. The average molecular weight is 390 g/mol. The zero-order valence-corrected chi connectivity index (χ0v) is 14.3. The van der Waals surface area contributed by atoms with Gasteiger partial charge in [-0.05, 0) is 30.7 Å². The molecule has 10 heteroatoms. The van der Waals surface area contributed by atoms with Gasteiger partial charge in [-0.1, -0.05) is 17.7 Å². The molecular formula is C15H11ClF3N3O2S. The van der Waals surface area contributed by atoms with Crippen molar-refractivity contribution < 1.29 is 22.8 Å². The number of nitrogens with zero attached hydrogens (tertiary/aromatic N) is 2. The van der Waals surface area contributed by atoms with Crippen LogP contribution in [0.1, 0.15) is 23.9 Å². The molecule has 0 bridgehead atoms. The van der Waals surface area contributed by atoms with Crippen molar-refractivity contribution in [2.24, 2.45) is 0 Å². The van der Waals surface area contributed by atoms with E-state index in [1.54, 1.807) is 0 Å². The van der Waals surface area contributed by atoms with Gasteiger partial charge in [0.25, 0.3) is 0 Å². The molecule has 25 heavy (non-hydrogen) atoms. The number of hydrogen-bond acceptors (Lipinski definition) is 5. The standard InChI is InChI=1S/C15H11ClF3N3O2S/c1-8(23)6-12-20-14(25-22-12)21-13(24)5-3-9-2-4-11(16)10(7-9)15(17,18)19/h2-5,7H,6H2,1H3,(H,20,21,22,24)/b5-3+. The fourth-order valence-corrected chi connectivity index (χ4v) is 2.60. The summed E-state index contributed by atoms with van der Waals surface area (Å²) in [5.41, 5.74) is -0.809. The summed E-state index contributed by atoms with van der Waals surface area (Å²) in [6.07, 6.45) is -2.23. The highest BCUT2D eigenvalue weighted by Gasteiger charge is 2.33. The molecule has 1 aromatic carbocycles. The van der Waals surface area contributed by atoms with E-state index in [4.69, 9.17) is 11.6 Å². The van der Waals surface area contributed by atoms with Gasteiger partial charge in [0.1, 0.15) is 5.78 Å². The number of alkyl halides is 3. The molecule has 0 aliphatic heterocycles. The van der Waals surface area contributed by atoms with Gasteiger partial charge in [0.05, 0.1) is 17.0 Å². The summed E-state index contributed by atoms with van der Waals surface area (Å²) in [6, 6.07) is 3.32. The molecule has 0 atom stereocenters. The SMILES string of the molecule is CC(=O)Cc1nsc(NC(=O)/C=C/c2ccc(Cl)c(C(F)(F)F)c2)n1. The van der Waals surface area contributed by atoms with E-state index in [0.717, 1.165) is 29.7 Å². The number of Topliss-reactive ketones (excluding diaryl/α,β-unsaturated/α-hetero) is 1. The highest BCUT2D eigenvalue weighted by atomic mass is 35.5. The molecule has 0 fully saturated rings. The van der Waals surface area contributed by atoms with Crippen molar-refractivity contribution in [2.45, 2.75) is 19.5 Å². The van der Waals surface area contributed by atoms with Gasteiger partial charge < -0.3 is 0 Å². The van der Waals surface area contributed by atoms with Crippen LogP contribution in [-0.4, -0.2) is 21.0 Å². The molecule has 2 aromatic rings. The summed E-state index contributed by atoms with van der Waals surface area (Å²) in [5, 5.41) is 2.20. The summed E-state index contributed by atoms with van der Waals surface area (Å²) < 4.78 is 42.3. The number of ketones is 1. The Kier molecular flexibility index (Phi) is 5.91. The Hall–Kier alpha value is -2.26. The van der Waals surface area contributed by atoms with Crippen molar-refractivity contribution in [3.63, 3.8) is 0 Å². The molecule has 0 saturated carbocycles. The molecule has 0 aliphatic rings. The minimum atomic E-state index is -4.58. The summed E-state index contributed by atoms with van der Waals surface area (Å²) >= 11 is 6.43. The smallest absolute Gasteiger partial charge is 0.300 e. The van der Waals surface area contributed by atoms with E-state index in [0.29, 0.717) is 5.82 Å². The Morgan fingerprint density at radius 1 is 1.36 bits per heavy atom. The minimum absolute atomic E-state index is 0.0627. The second kappa shape index (κ2) is 7.75. The summed E-state index contributed by atoms with van der Waals surface area (Å²) in [7, 11) is 0. The third-order valence-corrected chi connectivity index (χ3v) is 3.83. The largest absolute Gasteiger partial charge is 0.417 e. The van der Waals surface area contributed by atoms with Gasteiger partial charge in [0.15, 0.2) is 5.82 Å². The molecule has 0 radical (unpaired) electrons. The zero-order chi connectivity index (χ0) is 18.6. The Morgan fingerprint density at radius 3 is 2.72 bits per heavy atom. The van der Waals surface area contributed by atoms with Gasteiger partial charge in [-0.25, -0.2) is 4.98 Å². The van der Waals surface area contributed by atoms with Crippen LogP contribution in [0.2, 0.25) is 5.02 Å². The maximum atomic E-state index is 12.8. The molecule has 2 rings (SSSR count). The second-order valence-corrected chi connectivity index (χ2v) is 6.11. The first kappa shape index (κ1) is 19.1. The van der Waals surface area contributed by atoms with E-state index in [2.05, 4.69) is 14.7 Å². The van der Waals surface area contributed by atoms with Crippen molar-refractivity contribution in [2.75, 3.05) is 5.32 Å². The predicted octanol–water partition coefficient (Wildman–Crippen LogP) is 3.99. The maximum Gasteiger partial charge on any atom is 0.417 e. The molecule has 1 amide bonds. The van der Waals surface area contributed by atoms with Crippen molar-refractivity contribution in [1.29, 1.82) is 0 Å². The Balaban J connectivity index is 2.05. The lowest BCUT2D eigenvalue weighted by molar-refractivity contribution is -0.137. The van der Waals surface area contributed by atoms with Gasteiger partial charge in [-0.15, -0.1) is 0 Å². The maximum absolute atomic E-state index is 12.8. The van der Waals surface area contributed by atoms with Crippen LogP contribution in [0.25, 0.3) is 6.08 Å². The van der Waals surface area contributed by atoms with Crippen LogP contribution in [0, 0.1) is 0 Å². The molecule has 0 spiro atoms. The van der Waals surface area contributed by atoms with Gasteiger partial charge in [0.2, 0.25) is 11.0 Å². The van der Waals surface area contributed by atoms with Crippen LogP contribution in [0.5, 0.6) is 0 Å². The van der Waals surface area contributed by atoms with E-state index in [-0.39, 0.29) is 22.9 Å².